The van der Waals surface area contributed by atoms with Gasteiger partial charge in [0.15, 0.2) is 11.5 Å². The highest BCUT2D eigenvalue weighted by molar-refractivity contribution is 5.91. The molecule has 1 N–H and O–H groups in total. The molecule has 0 atom stereocenters. The van der Waals surface area contributed by atoms with E-state index in [1.165, 1.54) is 50.6 Å². The predicted octanol–water partition coefficient (Wildman–Crippen LogP) is 2.52. The highest BCUT2D eigenvalue weighted by Crippen LogP contribution is 2.28. The van der Waals surface area contributed by atoms with Crippen LogP contribution in [0.4, 0.5) is 4.39 Å². The van der Waals surface area contributed by atoms with Crippen molar-refractivity contribution in [3.05, 3.63) is 59.4 Å². The molecule has 0 saturated carbocycles. The lowest BCUT2D eigenvalue weighted by atomic mass is 10.2. The average Bonchev–Trinajstić information content (AvgIpc) is 2.56. The third-order valence-electron chi connectivity index (χ3n) is 2.91. The van der Waals surface area contributed by atoms with Gasteiger partial charge >= 0.3 is 5.97 Å². The summed E-state index contributed by atoms with van der Waals surface area (Å²) in [4.78, 5) is 22.8. The van der Waals surface area contributed by atoms with E-state index >= 15 is 0 Å². The van der Waals surface area contributed by atoms with Crippen molar-refractivity contribution in [3.63, 3.8) is 0 Å². The lowest BCUT2D eigenvalue weighted by molar-refractivity contribution is -0.118. The zero-order valence-corrected chi connectivity index (χ0v) is 13.1. The van der Waals surface area contributed by atoms with Gasteiger partial charge in [0.1, 0.15) is 5.82 Å². The number of amides is 1. The smallest absolute Gasteiger partial charge is 0.343 e. The molecule has 2 aromatic carbocycles. The van der Waals surface area contributed by atoms with Gasteiger partial charge in [-0.2, -0.15) is 5.10 Å². The topological polar surface area (TPSA) is 77.0 Å². The Morgan fingerprint density at radius 3 is 2.46 bits per heavy atom. The normalized spacial score (nSPS) is 10.5. The molecule has 2 rings (SSSR count). The second-order valence-electron chi connectivity index (χ2n) is 4.73. The van der Waals surface area contributed by atoms with E-state index in [1.807, 2.05) is 0 Å². The fraction of sp³-hybridized carbons (Fsp3) is 0.118. The van der Waals surface area contributed by atoms with E-state index in [-0.39, 0.29) is 17.2 Å². The maximum Gasteiger partial charge on any atom is 0.343 e. The van der Waals surface area contributed by atoms with Crippen LogP contribution in [0.5, 0.6) is 11.5 Å². The zero-order valence-electron chi connectivity index (χ0n) is 13.1. The quantitative estimate of drug-likeness (QED) is 0.395. The summed E-state index contributed by atoms with van der Waals surface area (Å²) in [5.74, 6) is -0.830. The van der Waals surface area contributed by atoms with Crippen molar-refractivity contribution >= 4 is 18.1 Å². The van der Waals surface area contributed by atoms with E-state index in [0.29, 0.717) is 11.3 Å². The number of ether oxygens (including phenoxy) is 2. The minimum absolute atomic E-state index is 0.212. The molecule has 0 aliphatic heterocycles. The Balaban J connectivity index is 2.15. The van der Waals surface area contributed by atoms with Crippen molar-refractivity contribution in [2.75, 3.05) is 7.11 Å². The molecule has 2 aromatic rings. The first-order chi connectivity index (χ1) is 11.5. The lowest BCUT2D eigenvalue weighted by Gasteiger charge is -2.10. The monoisotopic (exact) mass is 330 g/mol. The fourth-order valence-corrected chi connectivity index (χ4v) is 1.79. The summed E-state index contributed by atoms with van der Waals surface area (Å²) in [6, 6.07) is 9.79. The number of carbonyl (C=O) groups excluding carboxylic acids is 2. The summed E-state index contributed by atoms with van der Waals surface area (Å²) in [5.41, 5.74) is 3.14. The molecule has 0 radical (unpaired) electrons. The summed E-state index contributed by atoms with van der Waals surface area (Å²) in [6.45, 7) is 1.34. The molecule has 0 aliphatic carbocycles. The highest BCUT2D eigenvalue weighted by Gasteiger charge is 2.12. The predicted molar refractivity (Wildman–Crippen MR) is 85.8 cm³/mol. The van der Waals surface area contributed by atoms with Gasteiger partial charge in [-0.05, 0) is 48.0 Å². The number of esters is 1. The zero-order chi connectivity index (χ0) is 17.5. The summed E-state index contributed by atoms with van der Waals surface area (Å²) < 4.78 is 23.3. The van der Waals surface area contributed by atoms with Gasteiger partial charge in [-0.15, -0.1) is 0 Å². The maximum atomic E-state index is 12.9. The molecule has 0 aliphatic rings. The molecule has 0 aromatic heterocycles. The number of hydrazone groups is 1. The third-order valence-corrected chi connectivity index (χ3v) is 2.91. The highest BCUT2D eigenvalue weighted by atomic mass is 19.1. The molecule has 0 saturated heterocycles. The van der Waals surface area contributed by atoms with Gasteiger partial charge in [0.25, 0.3) is 0 Å². The molecule has 0 spiro atoms. The lowest BCUT2D eigenvalue weighted by Crippen LogP contribution is -2.12. The van der Waals surface area contributed by atoms with E-state index in [2.05, 4.69) is 10.5 Å². The van der Waals surface area contributed by atoms with Crippen LogP contribution in [0.2, 0.25) is 0 Å². The molecule has 6 nitrogen and oxygen atoms in total. The molecule has 0 heterocycles. The van der Waals surface area contributed by atoms with E-state index in [4.69, 9.17) is 9.47 Å². The summed E-state index contributed by atoms with van der Waals surface area (Å²) in [7, 11) is 1.43. The van der Waals surface area contributed by atoms with Crippen LogP contribution in [0.25, 0.3) is 0 Å². The number of carbonyl (C=O) groups is 2. The minimum Gasteiger partial charge on any atom is -0.493 e. The maximum absolute atomic E-state index is 12.9. The third kappa shape index (κ3) is 4.64. The van der Waals surface area contributed by atoms with Crippen LogP contribution < -0.4 is 14.9 Å². The second-order valence-corrected chi connectivity index (χ2v) is 4.73. The van der Waals surface area contributed by atoms with Gasteiger partial charge in [0.05, 0.1) is 18.9 Å². The summed E-state index contributed by atoms with van der Waals surface area (Å²) in [6.07, 6.45) is 1.43. The number of methoxy groups -OCH3 is 1. The number of nitrogens with one attached hydrogen (secondary N) is 1. The first-order valence-corrected chi connectivity index (χ1v) is 6.95. The van der Waals surface area contributed by atoms with Crippen LogP contribution in [-0.4, -0.2) is 25.2 Å². The molecule has 1 amide bonds. The Kier molecular flexibility index (Phi) is 5.62. The van der Waals surface area contributed by atoms with Crippen molar-refractivity contribution in [1.29, 1.82) is 0 Å². The molecule has 0 unspecified atom stereocenters. The molecule has 24 heavy (non-hydrogen) atoms. The number of benzene rings is 2. The number of hydrogen-bond acceptors (Lipinski definition) is 5. The Morgan fingerprint density at radius 1 is 1.12 bits per heavy atom. The van der Waals surface area contributed by atoms with E-state index in [9.17, 15) is 14.0 Å². The summed E-state index contributed by atoms with van der Waals surface area (Å²) >= 11 is 0. The van der Waals surface area contributed by atoms with Crippen molar-refractivity contribution in [2.24, 2.45) is 5.10 Å². The van der Waals surface area contributed by atoms with E-state index in [0.717, 1.165) is 0 Å². The molecular formula is C17H15FN2O4. The average molecular weight is 330 g/mol. The van der Waals surface area contributed by atoms with Gasteiger partial charge in [-0.1, -0.05) is 0 Å². The fourth-order valence-electron chi connectivity index (χ4n) is 1.79. The largest absolute Gasteiger partial charge is 0.493 e. The molecule has 124 valence electrons. The van der Waals surface area contributed by atoms with Gasteiger partial charge in [0, 0.05) is 6.92 Å². The number of rotatable bonds is 5. The van der Waals surface area contributed by atoms with Crippen LogP contribution in [-0.2, 0) is 4.79 Å². The minimum atomic E-state index is -0.632. The molecule has 0 fully saturated rings. The van der Waals surface area contributed by atoms with Crippen molar-refractivity contribution in [3.8, 4) is 11.5 Å². The van der Waals surface area contributed by atoms with Crippen molar-refractivity contribution in [1.82, 2.24) is 5.43 Å². The molecular weight excluding hydrogens is 315 g/mol. The van der Waals surface area contributed by atoms with Crippen LogP contribution in [0, 0.1) is 5.82 Å². The number of hydrogen-bond donors (Lipinski definition) is 1. The second kappa shape index (κ2) is 7.87. The first-order valence-electron chi connectivity index (χ1n) is 6.95. The first kappa shape index (κ1) is 17.1. The SMILES string of the molecule is COc1cc(/C=N/NC(C)=O)ccc1OC(=O)c1ccc(F)cc1. The Hall–Kier alpha value is -3.22. The number of halogens is 1. The van der Waals surface area contributed by atoms with Crippen LogP contribution in [0.3, 0.4) is 0 Å². The summed E-state index contributed by atoms with van der Waals surface area (Å²) in [5, 5.41) is 3.74. The van der Waals surface area contributed by atoms with Crippen molar-refractivity contribution in [2.45, 2.75) is 6.92 Å². The van der Waals surface area contributed by atoms with E-state index < -0.39 is 11.8 Å². The number of nitrogens with zero attached hydrogens (tertiary/aromatic N) is 1. The van der Waals surface area contributed by atoms with Gasteiger partial charge in [-0.3, -0.25) is 4.79 Å². The molecule has 7 heteroatoms. The standard InChI is InChI=1S/C17H15FN2O4/c1-11(21)20-19-10-12-3-8-15(16(9-12)23-2)24-17(22)13-4-6-14(18)7-5-13/h3-10H,1-2H3,(H,20,21)/b19-10+. The van der Waals surface area contributed by atoms with Crippen LogP contribution >= 0.6 is 0 Å². The van der Waals surface area contributed by atoms with E-state index in [1.54, 1.807) is 12.1 Å². The van der Waals surface area contributed by atoms with Gasteiger partial charge in [-0.25, -0.2) is 14.6 Å². The van der Waals surface area contributed by atoms with Crippen LogP contribution in [0.1, 0.15) is 22.8 Å². The Bertz CT molecular complexity index is 773. The van der Waals surface area contributed by atoms with Crippen molar-refractivity contribution < 1.29 is 23.5 Å². The van der Waals surface area contributed by atoms with Gasteiger partial charge < -0.3 is 9.47 Å². The molecule has 0 bridgehead atoms. The Labute approximate surface area is 137 Å². The van der Waals surface area contributed by atoms with Crippen LogP contribution in [0.15, 0.2) is 47.6 Å². The Morgan fingerprint density at radius 2 is 1.83 bits per heavy atom. The van der Waals surface area contributed by atoms with Gasteiger partial charge in [0.2, 0.25) is 5.91 Å².